The van der Waals surface area contributed by atoms with Crippen LogP contribution in [0.15, 0.2) is 78.9 Å². The molecule has 0 unspecified atom stereocenters. The van der Waals surface area contributed by atoms with Gasteiger partial charge in [0.2, 0.25) is 5.13 Å². The fourth-order valence-electron chi connectivity index (χ4n) is 2.93. The summed E-state index contributed by atoms with van der Waals surface area (Å²) in [5, 5.41) is 12.9. The predicted molar refractivity (Wildman–Crippen MR) is 126 cm³/mol. The Kier molecular flexibility index (Phi) is 6.40. The van der Waals surface area contributed by atoms with E-state index in [-0.39, 0.29) is 5.91 Å². The summed E-state index contributed by atoms with van der Waals surface area (Å²) in [5.41, 5.74) is 2.91. The van der Waals surface area contributed by atoms with E-state index >= 15 is 0 Å². The van der Waals surface area contributed by atoms with Gasteiger partial charge in [-0.05, 0) is 47.5 Å². The van der Waals surface area contributed by atoms with Crippen LogP contribution in [0.4, 0.5) is 5.13 Å². The van der Waals surface area contributed by atoms with Crippen LogP contribution in [-0.2, 0) is 4.79 Å². The summed E-state index contributed by atoms with van der Waals surface area (Å²) < 4.78 is 5.18. The molecule has 0 radical (unpaired) electrons. The molecule has 1 N–H and O–H groups in total. The van der Waals surface area contributed by atoms with Crippen LogP contribution in [0.3, 0.4) is 0 Å². The fraction of sp³-hybridized carbons (Fsp3) is 0.0417. The van der Waals surface area contributed by atoms with Gasteiger partial charge < -0.3 is 4.74 Å². The van der Waals surface area contributed by atoms with E-state index in [2.05, 4.69) is 15.5 Å². The third-order valence-electron chi connectivity index (χ3n) is 4.52. The standard InChI is InChI=1S/C24H18ClN3O2S/c1-30-19-13-11-17(12-14-19)23-27-28-24(31-23)26-22(29)20(16-7-3-2-4-8-16)15-18-9-5-6-10-21(18)25/h2-15H,1H3,(H,26,28,29)/b20-15+. The minimum absolute atomic E-state index is 0.288. The number of nitrogens with zero attached hydrogens (tertiary/aromatic N) is 2. The highest BCUT2D eigenvalue weighted by Gasteiger charge is 2.16. The van der Waals surface area contributed by atoms with Gasteiger partial charge in [-0.2, -0.15) is 0 Å². The lowest BCUT2D eigenvalue weighted by atomic mass is 10.0. The molecule has 0 saturated heterocycles. The Hall–Kier alpha value is -3.48. The van der Waals surface area contributed by atoms with Crippen molar-refractivity contribution in [3.05, 3.63) is 95.0 Å². The molecular formula is C24H18ClN3O2S. The second-order valence-electron chi connectivity index (χ2n) is 6.54. The molecule has 0 saturated carbocycles. The number of aromatic nitrogens is 2. The van der Waals surface area contributed by atoms with E-state index in [4.69, 9.17) is 16.3 Å². The molecule has 1 aromatic heterocycles. The number of hydrogen-bond acceptors (Lipinski definition) is 5. The van der Waals surface area contributed by atoms with Gasteiger partial charge in [-0.15, -0.1) is 10.2 Å². The number of carbonyl (C=O) groups excluding carboxylic acids is 1. The van der Waals surface area contributed by atoms with Crippen LogP contribution in [-0.4, -0.2) is 23.2 Å². The van der Waals surface area contributed by atoms with Gasteiger partial charge in [-0.1, -0.05) is 71.5 Å². The van der Waals surface area contributed by atoms with Crippen LogP contribution >= 0.6 is 22.9 Å². The van der Waals surface area contributed by atoms with Gasteiger partial charge >= 0.3 is 0 Å². The SMILES string of the molecule is COc1ccc(-c2nnc(NC(=O)/C(=C/c3ccccc3Cl)c3ccccc3)s2)cc1. The maximum atomic E-state index is 13.2. The topological polar surface area (TPSA) is 64.1 Å². The van der Waals surface area contributed by atoms with E-state index in [1.807, 2.05) is 72.8 Å². The van der Waals surface area contributed by atoms with Gasteiger partial charge in [0.05, 0.1) is 7.11 Å². The van der Waals surface area contributed by atoms with Crippen LogP contribution in [0.1, 0.15) is 11.1 Å². The monoisotopic (exact) mass is 447 g/mol. The molecule has 4 rings (SSSR count). The van der Waals surface area contributed by atoms with E-state index in [9.17, 15) is 4.79 Å². The lowest BCUT2D eigenvalue weighted by Gasteiger charge is -2.08. The third-order valence-corrected chi connectivity index (χ3v) is 5.75. The number of benzene rings is 3. The molecule has 0 bridgehead atoms. The highest BCUT2D eigenvalue weighted by Crippen LogP contribution is 2.29. The van der Waals surface area contributed by atoms with E-state index in [0.717, 1.165) is 22.4 Å². The molecule has 3 aromatic carbocycles. The number of nitrogens with one attached hydrogen (secondary N) is 1. The van der Waals surface area contributed by atoms with Gasteiger partial charge in [-0.25, -0.2) is 0 Å². The van der Waals surface area contributed by atoms with Crippen molar-refractivity contribution in [3.63, 3.8) is 0 Å². The van der Waals surface area contributed by atoms with Gasteiger partial charge in [0.1, 0.15) is 10.8 Å². The van der Waals surface area contributed by atoms with Crippen molar-refractivity contribution >= 4 is 45.6 Å². The minimum atomic E-state index is -0.288. The lowest BCUT2D eigenvalue weighted by molar-refractivity contribution is -0.111. The second-order valence-corrected chi connectivity index (χ2v) is 7.93. The Balaban J connectivity index is 1.61. The summed E-state index contributed by atoms with van der Waals surface area (Å²) in [5.74, 6) is 0.475. The van der Waals surface area contributed by atoms with Crippen LogP contribution in [0.2, 0.25) is 5.02 Å². The first-order chi connectivity index (χ1) is 15.1. The van der Waals surface area contributed by atoms with Crippen LogP contribution in [0.25, 0.3) is 22.2 Å². The molecule has 0 fully saturated rings. The van der Waals surface area contributed by atoms with E-state index in [1.54, 1.807) is 19.3 Å². The first-order valence-corrected chi connectivity index (χ1v) is 10.6. The first kappa shape index (κ1) is 20.8. The Morgan fingerprint density at radius 3 is 2.39 bits per heavy atom. The average molecular weight is 448 g/mol. The molecule has 4 aromatic rings. The highest BCUT2D eigenvalue weighted by molar-refractivity contribution is 7.18. The number of methoxy groups -OCH3 is 1. The summed E-state index contributed by atoms with van der Waals surface area (Å²) >= 11 is 7.61. The first-order valence-electron chi connectivity index (χ1n) is 9.45. The molecule has 5 nitrogen and oxygen atoms in total. The predicted octanol–water partition coefficient (Wildman–Crippen LogP) is 6.05. The molecule has 0 atom stereocenters. The van der Waals surface area contributed by atoms with Crippen LogP contribution in [0.5, 0.6) is 5.75 Å². The molecule has 0 aliphatic heterocycles. The number of rotatable bonds is 6. The quantitative estimate of drug-likeness (QED) is 0.289. The summed E-state index contributed by atoms with van der Waals surface area (Å²) in [7, 11) is 1.62. The molecule has 0 spiro atoms. The van der Waals surface area contributed by atoms with Crippen molar-refractivity contribution in [1.82, 2.24) is 10.2 Å². The van der Waals surface area contributed by atoms with Crippen molar-refractivity contribution in [3.8, 4) is 16.3 Å². The molecule has 0 aliphatic carbocycles. The zero-order valence-electron chi connectivity index (χ0n) is 16.6. The Labute approximate surface area is 189 Å². The van der Waals surface area contributed by atoms with Gasteiger partial charge in [0.15, 0.2) is 0 Å². The maximum Gasteiger partial charge on any atom is 0.258 e. The number of anilines is 1. The average Bonchev–Trinajstić information content (AvgIpc) is 3.27. The Morgan fingerprint density at radius 1 is 0.968 bits per heavy atom. The molecule has 0 aliphatic rings. The van der Waals surface area contributed by atoms with E-state index in [1.165, 1.54) is 11.3 Å². The molecule has 31 heavy (non-hydrogen) atoms. The second kappa shape index (κ2) is 9.55. The van der Waals surface area contributed by atoms with Gasteiger partial charge in [-0.3, -0.25) is 10.1 Å². The molecule has 1 heterocycles. The Morgan fingerprint density at radius 2 is 1.68 bits per heavy atom. The van der Waals surface area contributed by atoms with Gasteiger partial charge in [0, 0.05) is 16.2 Å². The lowest BCUT2D eigenvalue weighted by Crippen LogP contribution is -2.13. The zero-order valence-corrected chi connectivity index (χ0v) is 18.2. The summed E-state index contributed by atoms with van der Waals surface area (Å²) in [6, 6.07) is 24.3. The number of amides is 1. The van der Waals surface area contributed by atoms with Crippen molar-refractivity contribution in [2.45, 2.75) is 0 Å². The minimum Gasteiger partial charge on any atom is -0.497 e. The number of carbonyl (C=O) groups is 1. The molecule has 1 amide bonds. The normalized spacial score (nSPS) is 11.2. The Bertz CT molecular complexity index is 1220. The smallest absolute Gasteiger partial charge is 0.258 e. The zero-order chi connectivity index (χ0) is 21.6. The van der Waals surface area contributed by atoms with Crippen molar-refractivity contribution < 1.29 is 9.53 Å². The summed E-state index contributed by atoms with van der Waals surface area (Å²) in [4.78, 5) is 13.2. The van der Waals surface area contributed by atoms with Crippen LogP contribution in [0, 0.1) is 0 Å². The van der Waals surface area contributed by atoms with Crippen molar-refractivity contribution in [1.29, 1.82) is 0 Å². The largest absolute Gasteiger partial charge is 0.497 e. The van der Waals surface area contributed by atoms with Crippen molar-refractivity contribution in [2.24, 2.45) is 0 Å². The molecular weight excluding hydrogens is 430 g/mol. The molecule has 154 valence electrons. The third kappa shape index (κ3) is 4.99. The van der Waals surface area contributed by atoms with Crippen LogP contribution < -0.4 is 10.1 Å². The van der Waals surface area contributed by atoms with E-state index < -0.39 is 0 Å². The number of hydrogen-bond donors (Lipinski definition) is 1. The fourth-order valence-corrected chi connectivity index (χ4v) is 3.87. The highest BCUT2D eigenvalue weighted by atomic mass is 35.5. The molecule has 7 heteroatoms. The number of halogens is 1. The number of ether oxygens (including phenoxy) is 1. The van der Waals surface area contributed by atoms with Gasteiger partial charge in [0.25, 0.3) is 5.91 Å². The van der Waals surface area contributed by atoms with E-state index in [0.29, 0.717) is 20.7 Å². The van der Waals surface area contributed by atoms with Crippen molar-refractivity contribution in [2.75, 3.05) is 12.4 Å². The summed E-state index contributed by atoms with van der Waals surface area (Å²) in [6.07, 6.45) is 1.78. The summed E-state index contributed by atoms with van der Waals surface area (Å²) in [6.45, 7) is 0. The maximum absolute atomic E-state index is 13.2.